The molecule has 0 atom stereocenters. The number of anilines is 2. The van der Waals surface area contributed by atoms with E-state index in [1.54, 1.807) is 12.1 Å². The summed E-state index contributed by atoms with van der Waals surface area (Å²) >= 11 is 0. The first-order valence-electron chi connectivity index (χ1n) is 8.64. The van der Waals surface area contributed by atoms with E-state index in [1.807, 2.05) is 12.1 Å². The summed E-state index contributed by atoms with van der Waals surface area (Å²) < 4.78 is 40.9. The van der Waals surface area contributed by atoms with Crippen molar-refractivity contribution in [2.45, 2.75) is 25.2 Å². The smallest absolute Gasteiger partial charge is 0.263 e. The minimum atomic E-state index is -3.92. The Labute approximate surface area is 157 Å². The Morgan fingerprint density at radius 2 is 1.56 bits per heavy atom. The Morgan fingerprint density at radius 3 is 2.15 bits per heavy atom. The average Bonchev–Trinajstić information content (AvgIpc) is 2.62. The van der Waals surface area contributed by atoms with Crippen LogP contribution in [-0.2, 0) is 10.0 Å². The van der Waals surface area contributed by atoms with Crippen molar-refractivity contribution in [3.63, 3.8) is 0 Å². The van der Waals surface area contributed by atoms with Crippen molar-refractivity contribution in [1.82, 2.24) is 9.97 Å². The van der Waals surface area contributed by atoms with Crippen molar-refractivity contribution in [3.8, 4) is 0 Å². The van der Waals surface area contributed by atoms with Crippen LogP contribution < -0.4 is 10.0 Å². The van der Waals surface area contributed by atoms with Gasteiger partial charge in [0.15, 0.2) is 11.6 Å². The van der Waals surface area contributed by atoms with Gasteiger partial charge in [-0.15, -0.1) is 0 Å². The minimum absolute atomic E-state index is 0.0491. The molecular weight excluding hydrogens is 367 g/mol. The van der Waals surface area contributed by atoms with Gasteiger partial charge in [0.2, 0.25) is 0 Å². The van der Waals surface area contributed by atoms with Crippen LogP contribution in [0.4, 0.5) is 16.0 Å². The summed E-state index contributed by atoms with van der Waals surface area (Å²) in [4.78, 5) is 8.87. The van der Waals surface area contributed by atoms with Crippen LogP contribution in [0.5, 0.6) is 0 Å². The third kappa shape index (κ3) is 4.71. The lowest BCUT2D eigenvalue weighted by Gasteiger charge is -2.14. The monoisotopic (exact) mass is 388 g/mol. The number of rotatable bonds is 7. The highest BCUT2D eigenvalue weighted by atomic mass is 32.2. The second kappa shape index (κ2) is 7.87. The molecule has 0 aliphatic carbocycles. The van der Waals surface area contributed by atoms with Crippen LogP contribution in [0.15, 0.2) is 53.4 Å². The first kappa shape index (κ1) is 19.0. The highest BCUT2D eigenvalue weighted by molar-refractivity contribution is 7.92. The molecule has 0 radical (unpaired) electrons. The molecule has 0 saturated heterocycles. The van der Waals surface area contributed by atoms with Gasteiger partial charge in [-0.1, -0.05) is 26.0 Å². The second-order valence-corrected chi connectivity index (χ2v) is 8.26. The Morgan fingerprint density at radius 1 is 0.963 bits per heavy atom. The largest absolute Gasteiger partial charge is 0.367 e. The number of nitrogens with one attached hydrogen (secondary N) is 2. The standard InChI is InChI=1S/C19H21FN4O2S/c1-13(2)11-12-21-18-19(23-17-6-4-3-5-16(17)22-18)24-27(25,26)15-9-7-14(20)8-10-15/h3-10,13H,11-12H2,1-2H3,(H,21,22)(H,23,24). The molecule has 2 N–H and O–H groups in total. The van der Waals surface area contributed by atoms with E-state index in [1.165, 1.54) is 12.1 Å². The second-order valence-electron chi connectivity index (χ2n) is 6.58. The fourth-order valence-electron chi connectivity index (χ4n) is 2.47. The Hall–Kier alpha value is -2.74. The average molecular weight is 388 g/mol. The number of para-hydroxylation sites is 2. The first-order valence-corrected chi connectivity index (χ1v) is 10.1. The number of aromatic nitrogens is 2. The van der Waals surface area contributed by atoms with Gasteiger partial charge >= 0.3 is 0 Å². The molecule has 8 heteroatoms. The fraction of sp³-hybridized carbons (Fsp3) is 0.263. The van der Waals surface area contributed by atoms with E-state index < -0.39 is 15.8 Å². The van der Waals surface area contributed by atoms with Crippen molar-refractivity contribution in [1.29, 1.82) is 0 Å². The Kier molecular flexibility index (Phi) is 5.55. The fourth-order valence-corrected chi connectivity index (χ4v) is 3.48. The zero-order chi connectivity index (χ0) is 19.4. The van der Waals surface area contributed by atoms with E-state index in [4.69, 9.17) is 0 Å². The van der Waals surface area contributed by atoms with Crippen molar-refractivity contribution < 1.29 is 12.8 Å². The molecule has 0 aliphatic rings. The zero-order valence-corrected chi connectivity index (χ0v) is 15.9. The van der Waals surface area contributed by atoms with Crippen LogP contribution in [-0.4, -0.2) is 24.9 Å². The van der Waals surface area contributed by atoms with Crippen molar-refractivity contribution in [2.75, 3.05) is 16.6 Å². The van der Waals surface area contributed by atoms with Crippen LogP contribution in [0.2, 0.25) is 0 Å². The molecule has 3 aromatic rings. The molecule has 0 aliphatic heterocycles. The van der Waals surface area contributed by atoms with E-state index >= 15 is 0 Å². The Balaban J connectivity index is 1.96. The van der Waals surface area contributed by atoms with E-state index in [-0.39, 0.29) is 10.7 Å². The van der Waals surface area contributed by atoms with Gasteiger partial charge in [0.1, 0.15) is 5.82 Å². The van der Waals surface area contributed by atoms with Gasteiger partial charge in [-0.2, -0.15) is 0 Å². The number of fused-ring (bicyclic) bond motifs is 1. The highest BCUT2D eigenvalue weighted by Crippen LogP contribution is 2.24. The van der Waals surface area contributed by atoms with Gasteiger partial charge in [-0.3, -0.25) is 4.72 Å². The van der Waals surface area contributed by atoms with Crippen molar-refractivity contribution in [2.24, 2.45) is 5.92 Å². The molecule has 27 heavy (non-hydrogen) atoms. The predicted molar refractivity (Wildman–Crippen MR) is 105 cm³/mol. The Bertz CT molecular complexity index is 1040. The van der Waals surface area contributed by atoms with Crippen molar-refractivity contribution in [3.05, 3.63) is 54.3 Å². The summed E-state index contributed by atoms with van der Waals surface area (Å²) in [6.07, 6.45) is 0.901. The molecule has 0 amide bonds. The normalized spacial score (nSPS) is 11.7. The third-order valence-corrected chi connectivity index (χ3v) is 5.29. The van der Waals surface area contributed by atoms with Gasteiger partial charge in [0.25, 0.3) is 10.0 Å². The van der Waals surface area contributed by atoms with E-state index in [2.05, 4.69) is 33.9 Å². The van der Waals surface area contributed by atoms with Crippen LogP contribution in [0.3, 0.4) is 0 Å². The molecule has 0 unspecified atom stereocenters. The molecular formula is C19H21FN4O2S. The summed E-state index contributed by atoms with van der Waals surface area (Å²) in [6, 6.07) is 11.8. The van der Waals surface area contributed by atoms with Crippen LogP contribution in [0.25, 0.3) is 11.0 Å². The molecule has 0 fully saturated rings. The molecule has 0 spiro atoms. The number of halogens is 1. The first-order chi connectivity index (χ1) is 12.8. The van der Waals surface area contributed by atoms with Gasteiger partial charge in [0.05, 0.1) is 15.9 Å². The van der Waals surface area contributed by atoms with Crippen molar-refractivity contribution >= 4 is 32.7 Å². The lowest BCUT2D eigenvalue weighted by atomic mass is 10.1. The van der Waals surface area contributed by atoms with Gasteiger partial charge in [-0.05, 0) is 48.7 Å². The SMILES string of the molecule is CC(C)CCNc1nc2ccccc2nc1NS(=O)(=O)c1ccc(F)cc1. The van der Waals surface area contributed by atoms with Crippen LogP contribution in [0, 0.1) is 11.7 Å². The molecule has 1 aromatic heterocycles. The van der Waals surface area contributed by atoms with Gasteiger partial charge < -0.3 is 5.32 Å². The molecule has 2 aromatic carbocycles. The highest BCUT2D eigenvalue weighted by Gasteiger charge is 2.19. The number of hydrogen-bond acceptors (Lipinski definition) is 5. The maximum absolute atomic E-state index is 13.1. The molecule has 142 valence electrons. The topological polar surface area (TPSA) is 84.0 Å². The van der Waals surface area contributed by atoms with Gasteiger partial charge in [-0.25, -0.2) is 22.8 Å². The number of nitrogens with zero attached hydrogens (tertiary/aromatic N) is 2. The third-order valence-electron chi connectivity index (χ3n) is 3.94. The number of benzene rings is 2. The number of sulfonamides is 1. The minimum Gasteiger partial charge on any atom is -0.367 e. The molecule has 0 bridgehead atoms. The summed E-state index contributed by atoms with van der Waals surface area (Å²) in [5.74, 6) is 0.461. The summed E-state index contributed by atoms with van der Waals surface area (Å²) in [7, 11) is -3.92. The lowest BCUT2D eigenvalue weighted by molar-refractivity contribution is 0.599. The predicted octanol–water partition coefficient (Wildman–Crippen LogP) is 4.03. The summed E-state index contributed by atoms with van der Waals surface area (Å²) in [5, 5.41) is 3.16. The van der Waals surface area contributed by atoms with Gasteiger partial charge in [0, 0.05) is 6.54 Å². The lowest BCUT2D eigenvalue weighted by Crippen LogP contribution is -2.17. The van der Waals surface area contributed by atoms with E-state index in [0.717, 1.165) is 18.6 Å². The molecule has 0 saturated carbocycles. The number of hydrogen-bond donors (Lipinski definition) is 2. The van der Waals surface area contributed by atoms with E-state index in [9.17, 15) is 12.8 Å². The maximum atomic E-state index is 13.1. The van der Waals surface area contributed by atoms with E-state index in [0.29, 0.717) is 29.3 Å². The molecule has 6 nitrogen and oxygen atoms in total. The summed E-state index contributed by atoms with van der Waals surface area (Å²) in [5.41, 5.74) is 1.23. The van der Waals surface area contributed by atoms with Crippen LogP contribution in [0.1, 0.15) is 20.3 Å². The maximum Gasteiger partial charge on any atom is 0.263 e. The molecule has 3 rings (SSSR count). The van der Waals surface area contributed by atoms with Crippen LogP contribution >= 0.6 is 0 Å². The quantitative estimate of drug-likeness (QED) is 0.638. The summed E-state index contributed by atoms with van der Waals surface area (Å²) in [6.45, 7) is 4.84. The molecule has 1 heterocycles. The zero-order valence-electron chi connectivity index (χ0n) is 15.1.